The zero-order valence-corrected chi connectivity index (χ0v) is 18.4. The lowest BCUT2D eigenvalue weighted by Crippen LogP contribution is -2.43. The van der Waals surface area contributed by atoms with Crippen LogP contribution in [0.25, 0.3) is 0 Å². The number of hydrogen-bond acceptors (Lipinski definition) is 3. The molecule has 0 aromatic heterocycles. The van der Waals surface area contributed by atoms with E-state index in [1.807, 2.05) is 55.1 Å². The summed E-state index contributed by atoms with van der Waals surface area (Å²) in [5.74, 6) is 0.698. The molecular formula is C26H29NO3. The molecule has 2 aliphatic rings. The Morgan fingerprint density at radius 2 is 1.70 bits per heavy atom. The number of carbonyl (C=O) groups is 2. The number of rotatable bonds is 3. The molecule has 0 saturated heterocycles. The number of anilines is 1. The summed E-state index contributed by atoms with van der Waals surface area (Å²) in [5, 5.41) is 0. The molecule has 1 aliphatic heterocycles. The second kappa shape index (κ2) is 7.42. The average molecular weight is 404 g/mol. The largest absolute Gasteiger partial charge is 0.497 e. The zero-order valence-electron chi connectivity index (χ0n) is 18.4. The van der Waals surface area contributed by atoms with Crippen LogP contribution in [0.4, 0.5) is 5.69 Å². The molecule has 1 heterocycles. The van der Waals surface area contributed by atoms with Crippen molar-refractivity contribution in [2.45, 2.75) is 52.9 Å². The van der Waals surface area contributed by atoms with Crippen molar-refractivity contribution in [2.75, 3.05) is 12.0 Å². The summed E-state index contributed by atoms with van der Waals surface area (Å²) in [5.41, 5.74) is 5.52. The van der Waals surface area contributed by atoms with Gasteiger partial charge in [-0.25, -0.2) is 0 Å². The molecule has 1 aliphatic carbocycles. The molecule has 0 spiro atoms. The molecule has 1 unspecified atom stereocenters. The highest BCUT2D eigenvalue weighted by Crippen LogP contribution is 2.48. The molecule has 30 heavy (non-hydrogen) atoms. The molecule has 2 aromatic carbocycles. The van der Waals surface area contributed by atoms with Crippen molar-refractivity contribution in [1.82, 2.24) is 0 Å². The van der Waals surface area contributed by atoms with Gasteiger partial charge in [0, 0.05) is 35.7 Å². The molecule has 0 saturated carbocycles. The van der Waals surface area contributed by atoms with Crippen molar-refractivity contribution in [2.24, 2.45) is 5.41 Å². The second-order valence-corrected chi connectivity index (χ2v) is 9.41. The average Bonchev–Trinajstić information content (AvgIpc) is 2.65. The summed E-state index contributed by atoms with van der Waals surface area (Å²) < 4.78 is 5.39. The van der Waals surface area contributed by atoms with Crippen LogP contribution in [0.1, 0.15) is 55.7 Å². The molecule has 2 aromatic rings. The number of ketones is 1. The number of nitrogens with zero attached hydrogens (tertiary/aromatic N) is 1. The minimum atomic E-state index is -0.228. The smallest absolute Gasteiger partial charge is 0.232 e. The SMILES string of the molecule is COc1cccc(C2CC(=O)N(c3cc(C)cc(C)c3)C3=C2C(=O)CC(C)(C)C3)c1. The van der Waals surface area contributed by atoms with E-state index in [-0.39, 0.29) is 29.4 Å². The predicted octanol–water partition coefficient (Wildman–Crippen LogP) is 5.48. The van der Waals surface area contributed by atoms with Crippen molar-refractivity contribution >= 4 is 17.4 Å². The van der Waals surface area contributed by atoms with Crippen molar-refractivity contribution in [3.05, 3.63) is 70.4 Å². The molecule has 156 valence electrons. The van der Waals surface area contributed by atoms with Crippen LogP contribution in [-0.2, 0) is 9.59 Å². The second-order valence-electron chi connectivity index (χ2n) is 9.41. The van der Waals surface area contributed by atoms with E-state index in [0.29, 0.717) is 12.8 Å². The van der Waals surface area contributed by atoms with Gasteiger partial charge in [0.05, 0.1) is 7.11 Å². The minimum absolute atomic E-state index is 0.0390. The summed E-state index contributed by atoms with van der Waals surface area (Å²) in [6.45, 7) is 8.28. The Balaban J connectivity index is 1.91. The number of aryl methyl sites for hydroxylation is 2. The summed E-state index contributed by atoms with van der Waals surface area (Å²) in [4.78, 5) is 28.7. The number of methoxy groups -OCH3 is 1. The number of carbonyl (C=O) groups excluding carboxylic acids is 2. The van der Waals surface area contributed by atoms with E-state index in [4.69, 9.17) is 4.74 Å². The van der Waals surface area contributed by atoms with Crippen molar-refractivity contribution in [3.63, 3.8) is 0 Å². The first-order chi connectivity index (χ1) is 14.2. The quantitative estimate of drug-likeness (QED) is 0.682. The van der Waals surface area contributed by atoms with Crippen LogP contribution in [0.15, 0.2) is 53.7 Å². The van der Waals surface area contributed by atoms with Crippen LogP contribution in [0, 0.1) is 19.3 Å². The fourth-order valence-electron chi connectivity index (χ4n) is 4.94. The molecular weight excluding hydrogens is 374 g/mol. The topological polar surface area (TPSA) is 46.6 Å². The molecule has 4 heteroatoms. The third kappa shape index (κ3) is 3.67. The molecule has 0 bridgehead atoms. The number of amides is 1. The van der Waals surface area contributed by atoms with Gasteiger partial charge in [-0.2, -0.15) is 0 Å². The fraction of sp³-hybridized carbons (Fsp3) is 0.385. The third-order valence-corrected chi connectivity index (χ3v) is 6.10. The lowest BCUT2D eigenvalue weighted by Gasteiger charge is -2.43. The molecule has 4 nitrogen and oxygen atoms in total. The van der Waals surface area contributed by atoms with Gasteiger partial charge in [-0.3, -0.25) is 14.5 Å². The zero-order chi connectivity index (χ0) is 21.6. The van der Waals surface area contributed by atoms with Gasteiger partial charge in [-0.1, -0.05) is 32.0 Å². The minimum Gasteiger partial charge on any atom is -0.497 e. The van der Waals surface area contributed by atoms with E-state index in [1.54, 1.807) is 7.11 Å². The van der Waals surface area contributed by atoms with Crippen LogP contribution < -0.4 is 9.64 Å². The van der Waals surface area contributed by atoms with Crippen LogP contribution in [-0.4, -0.2) is 18.8 Å². The Morgan fingerprint density at radius 1 is 1.00 bits per heavy atom. The van der Waals surface area contributed by atoms with E-state index in [9.17, 15) is 9.59 Å². The fourth-order valence-corrected chi connectivity index (χ4v) is 4.94. The Morgan fingerprint density at radius 3 is 2.37 bits per heavy atom. The Hall–Kier alpha value is -2.88. The first kappa shape index (κ1) is 20.4. The van der Waals surface area contributed by atoms with E-state index < -0.39 is 0 Å². The van der Waals surface area contributed by atoms with Crippen molar-refractivity contribution < 1.29 is 14.3 Å². The Labute approximate surface area is 178 Å². The first-order valence-corrected chi connectivity index (χ1v) is 10.5. The van der Waals surface area contributed by atoms with E-state index >= 15 is 0 Å². The van der Waals surface area contributed by atoms with E-state index in [2.05, 4.69) is 19.9 Å². The molecule has 0 radical (unpaired) electrons. The predicted molar refractivity (Wildman–Crippen MR) is 119 cm³/mol. The van der Waals surface area contributed by atoms with Gasteiger partial charge in [0.2, 0.25) is 5.91 Å². The van der Waals surface area contributed by atoms with Gasteiger partial charge in [-0.05, 0) is 66.6 Å². The van der Waals surface area contributed by atoms with Crippen LogP contribution in [0.5, 0.6) is 5.75 Å². The highest BCUT2D eigenvalue weighted by molar-refractivity contribution is 6.07. The maximum atomic E-state index is 13.5. The summed E-state index contributed by atoms with van der Waals surface area (Å²) in [6.07, 6.45) is 1.49. The normalized spacial score (nSPS) is 21.0. The van der Waals surface area contributed by atoms with E-state index in [0.717, 1.165) is 39.4 Å². The van der Waals surface area contributed by atoms with Crippen molar-refractivity contribution in [1.29, 1.82) is 0 Å². The van der Waals surface area contributed by atoms with E-state index in [1.165, 1.54) is 0 Å². The highest BCUT2D eigenvalue weighted by Gasteiger charge is 2.44. The van der Waals surface area contributed by atoms with Gasteiger partial charge in [0.25, 0.3) is 0 Å². The first-order valence-electron chi connectivity index (χ1n) is 10.5. The molecule has 0 fully saturated rings. The summed E-state index contributed by atoms with van der Waals surface area (Å²) in [7, 11) is 1.63. The van der Waals surface area contributed by atoms with Gasteiger partial charge in [0.1, 0.15) is 5.75 Å². The van der Waals surface area contributed by atoms with Gasteiger partial charge in [0.15, 0.2) is 5.78 Å². The molecule has 0 N–H and O–H groups in total. The lowest BCUT2D eigenvalue weighted by molar-refractivity contribution is -0.121. The van der Waals surface area contributed by atoms with Crippen molar-refractivity contribution in [3.8, 4) is 5.75 Å². The number of Topliss-reactive ketones (excluding diaryl/α,β-unsaturated/α-hetero) is 1. The number of allylic oxidation sites excluding steroid dienone is 2. The van der Waals surface area contributed by atoms with Crippen LogP contribution in [0.2, 0.25) is 0 Å². The number of benzene rings is 2. The maximum Gasteiger partial charge on any atom is 0.232 e. The Kier molecular flexibility index (Phi) is 5.05. The third-order valence-electron chi connectivity index (χ3n) is 6.10. The number of ether oxygens (including phenoxy) is 1. The summed E-state index contributed by atoms with van der Waals surface area (Å²) >= 11 is 0. The summed E-state index contributed by atoms with van der Waals surface area (Å²) in [6, 6.07) is 13.9. The van der Waals surface area contributed by atoms with Gasteiger partial charge >= 0.3 is 0 Å². The van der Waals surface area contributed by atoms with Gasteiger partial charge in [-0.15, -0.1) is 0 Å². The Bertz CT molecular complexity index is 1040. The monoisotopic (exact) mass is 403 g/mol. The molecule has 1 amide bonds. The maximum absolute atomic E-state index is 13.5. The number of hydrogen-bond donors (Lipinski definition) is 0. The molecule has 4 rings (SSSR count). The van der Waals surface area contributed by atoms with Crippen LogP contribution >= 0.6 is 0 Å². The molecule has 1 atom stereocenters. The highest BCUT2D eigenvalue weighted by atomic mass is 16.5. The van der Waals surface area contributed by atoms with Gasteiger partial charge < -0.3 is 4.74 Å². The van der Waals surface area contributed by atoms with Crippen LogP contribution in [0.3, 0.4) is 0 Å². The lowest BCUT2D eigenvalue weighted by atomic mass is 9.69. The standard InChI is InChI=1S/C26H29NO3/c1-16-9-17(2)11-19(10-16)27-22-14-26(3,4)15-23(28)25(22)21(13-24(27)29)18-7-6-8-20(12-18)30-5/h6-12,21H,13-15H2,1-5H3.